The van der Waals surface area contributed by atoms with Crippen molar-refractivity contribution in [3.63, 3.8) is 0 Å². The van der Waals surface area contributed by atoms with Gasteiger partial charge in [0.1, 0.15) is 0 Å². The van der Waals surface area contributed by atoms with Crippen molar-refractivity contribution in [2.24, 2.45) is 0 Å². The molecule has 0 unspecified atom stereocenters. The summed E-state index contributed by atoms with van der Waals surface area (Å²) in [6.07, 6.45) is 5.86. The smallest absolute Gasteiger partial charge is 0.203 e. The molecule has 0 atom stereocenters. The van der Waals surface area contributed by atoms with Crippen molar-refractivity contribution in [1.29, 1.82) is 0 Å². The molecule has 1 saturated carbocycles. The van der Waals surface area contributed by atoms with E-state index in [-0.39, 0.29) is 0 Å². The highest BCUT2D eigenvalue weighted by Crippen LogP contribution is 2.28. The molecule has 1 aromatic carbocycles. The minimum atomic E-state index is 0.600. The molecule has 1 aliphatic rings. The zero-order valence-corrected chi connectivity index (χ0v) is 10.9. The highest BCUT2D eigenvalue weighted by atomic mass is 32.1. The monoisotopic (exact) mass is 269 g/mol. The molecule has 5 nitrogen and oxygen atoms in total. The second-order valence-electron chi connectivity index (χ2n) is 4.60. The van der Waals surface area contributed by atoms with Gasteiger partial charge in [0.25, 0.3) is 0 Å². The number of nitrogens with zero attached hydrogens (tertiary/aromatic N) is 4. The summed E-state index contributed by atoms with van der Waals surface area (Å²) in [6, 6.07) is 6.51. The molecule has 0 amide bonds. The van der Waals surface area contributed by atoms with Crippen LogP contribution < -0.4 is 5.32 Å². The maximum absolute atomic E-state index is 4.52. The van der Waals surface area contributed by atoms with Gasteiger partial charge in [-0.2, -0.15) is 9.36 Å². The molecular weight excluding hydrogens is 258 g/mol. The van der Waals surface area contributed by atoms with Gasteiger partial charge in [0.2, 0.25) is 5.13 Å². The summed E-state index contributed by atoms with van der Waals surface area (Å²) in [5.74, 6) is 0.751. The van der Waals surface area contributed by atoms with Gasteiger partial charge >= 0.3 is 0 Å². The van der Waals surface area contributed by atoms with Crippen LogP contribution in [0.25, 0.3) is 22.4 Å². The fourth-order valence-electron chi connectivity index (χ4n) is 1.90. The minimum absolute atomic E-state index is 0.600. The van der Waals surface area contributed by atoms with Crippen LogP contribution in [0.4, 0.5) is 5.13 Å². The molecule has 2 heterocycles. The van der Waals surface area contributed by atoms with E-state index in [1.807, 2.05) is 18.2 Å². The minimum Gasteiger partial charge on any atom is -0.358 e. The van der Waals surface area contributed by atoms with Gasteiger partial charge in [-0.25, -0.2) is 0 Å². The van der Waals surface area contributed by atoms with Gasteiger partial charge in [-0.3, -0.25) is 9.97 Å². The van der Waals surface area contributed by atoms with Crippen molar-refractivity contribution in [2.45, 2.75) is 18.9 Å². The van der Waals surface area contributed by atoms with Crippen molar-refractivity contribution in [3.8, 4) is 11.4 Å². The van der Waals surface area contributed by atoms with Crippen molar-refractivity contribution in [2.75, 3.05) is 5.32 Å². The van der Waals surface area contributed by atoms with Gasteiger partial charge in [-0.05, 0) is 31.0 Å². The van der Waals surface area contributed by atoms with Crippen molar-refractivity contribution < 1.29 is 0 Å². The molecule has 2 aromatic heterocycles. The first-order chi connectivity index (χ1) is 9.38. The molecule has 1 aliphatic carbocycles. The summed E-state index contributed by atoms with van der Waals surface area (Å²) in [6.45, 7) is 0. The number of anilines is 1. The average Bonchev–Trinajstić information content (AvgIpc) is 3.14. The van der Waals surface area contributed by atoms with Gasteiger partial charge < -0.3 is 5.32 Å². The molecule has 0 aliphatic heterocycles. The molecule has 0 bridgehead atoms. The fraction of sp³-hybridized carbons (Fsp3) is 0.231. The van der Waals surface area contributed by atoms with Gasteiger partial charge in [0, 0.05) is 35.5 Å². The third-order valence-corrected chi connectivity index (χ3v) is 3.70. The quantitative estimate of drug-likeness (QED) is 0.792. The fourth-order valence-corrected chi connectivity index (χ4v) is 2.57. The van der Waals surface area contributed by atoms with Crippen molar-refractivity contribution in [1.82, 2.24) is 19.3 Å². The lowest BCUT2D eigenvalue weighted by Crippen LogP contribution is -1.99. The summed E-state index contributed by atoms with van der Waals surface area (Å²) in [4.78, 5) is 13.1. The molecule has 0 radical (unpaired) electrons. The normalized spacial score (nSPS) is 14.7. The number of benzene rings is 1. The Balaban J connectivity index is 1.70. The Kier molecular flexibility index (Phi) is 2.41. The zero-order chi connectivity index (χ0) is 12.7. The molecule has 19 heavy (non-hydrogen) atoms. The number of hydrogen-bond donors (Lipinski definition) is 1. The SMILES string of the molecule is c1cnc2cc(-c3nsc(NC4CC4)n3)ccc2n1. The van der Waals surface area contributed by atoms with Crippen LogP contribution in [0.1, 0.15) is 12.8 Å². The zero-order valence-electron chi connectivity index (χ0n) is 10.1. The number of nitrogens with one attached hydrogen (secondary N) is 1. The first kappa shape index (κ1) is 10.8. The summed E-state index contributed by atoms with van der Waals surface area (Å²) in [5.41, 5.74) is 2.73. The summed E-state index contributed by atoms with van der Waals surface area (Å²) in [7, 11) is 0. The van der Waals surface area contributed by atoms with Gasteiger partial charge in [0.05, 0.1) is 11.0 Å². The lowest BCUT2D eigenvalue weighted by atomic mass is 10.2. The Labute approximate surface area is 113 Å². The van der Waals surface area contributed by atoms with Crippen LogP contribution in [-0.4, -0.2) is 25.4 Å². The van der Waals surface area contributed by atoms with E-state index in [9.17, 15) is 0 Å². The van der Waals surface area contributed by atoms with Gasteiger partial charge in [0.15, 0.2) is 5.82 Å². The molecule has 3 aromatic rings. The Morgan fingerprint density at radius 2 is 1.95 bits per heavy atom. The summed E-state index contributed by atoms with van der Waals surface area (Å²) in [5, 5.41) is 4.26. The van der Waals surface area contributed by atoms with E-state index in [0.717, 1.165) is 27.6 Å². The predicted octanol–water partition coefficient (Wildman–Crippen LogP) is 2.72. The lowest BCUT2D eigenvalue weighted by molar-refractivity contribution is 1.14. The van der Waals surface area contributed by atoms with E-state index in [0.29, 0.717) is 6.04 Å². The Hall–Kier alpha value is -2.08. The third kappa shape index (κ3) is 2.15. The lowest BCUT2D eigenvalue weighted by Gasteiger charge is -1.98. The molecule has 1 N–H and O–H groups in total. The van der Waals surface area contributed by atoms with E-state index < -0.39 is 0 Å². The maximum Gasteiger partial charge on any atom is 0.203 e. The first-order valence-corrected chi connectivity index (χ1v) is 6.97. The third-order valence-electron chi connectivity index (χ3n) is 3.06. The maximum atomic E-state index is 4.52. The van der Waals surface area contributed by atoms with Crippen LogP contribution in [0, 0.1) is 0 Å². The highest BCUT2D eigenvalue weighted by molar-refractivity contribution is 7.09. The first-order valence-electron chi connectivity index (χ1n) is 6.20. The van der Waals surface area contributed by atoms with Gasteiger partial charge in [-0.15, -0.1) is 0 Å². The topological polar surface area (TPSA) is 63.6 Å². The highest BCUT2D eigenvalue weighted by Gasteiger charge is 2.22. The summed E-state index contributed by atoms with van der Waals surface area (Å²) < 4.78 is 4.39. The van der Waals surface area contributed by atoms with Crippen molar-refractivity contribution in [3.05, 3.63) is 30.6 Å². The van der Waals surface area contributed by atoms with Crippen LogP contribution in [0.15, 0.2) is 30.6 Å². The molecule has 1 fully saturated rings. The van der Waals surface area contributed by atoms with E-state index in [2.05, 4.69) is 24.6 Å². The Morgan fingerprint density at radius 1 is 1.11 bits per heavy atom. The molecule has 0 saturated heterocycles. The number of rotatable bonds is 3. The Bertz CT molecular complexity index is 734. The van der Waals surface area contributed by atoms with Crippen LogP contribution in [0.3, 0.4) is 0 Å². The Morgan fingerprint density at radius 3 is 2.79 bits per heavy atom. The molecule has 94 valence electrons. The molecule has 6 heteroatoms. The molecular formula is C13H11N5S. The summed E-state index contributed by atoms with van der Waals surface area (Å²) >= 11 is 1.41. The van der Waals surface area contributed by atoms with Crippen LogP contribution in [0.2, 0.25) is 0 Å². The average molecular weight is 269 g/mol. The predicted molar refractivity (Wildman–Crippen MR) is 75.1 cm³/mol. The van der Waals surface area contributed by atoms with E-state index in [4.69, 9.17) is 0 Å². The van der Waals surface area contributed by atoms with Crippen LogP contribution in [0.5, 0.6) is 0 Å². The van der Waals surface area contributed by atoms with Crippen molar-refractivity contribution >= 4 is 27.7 Å². The van der Waals surface area contributed by atoms with E-state index in [1.54, 1.807) is 12.4 Å². The molecule has 0 spiro atoms. The number of hydrogen-bond acceptors (Lipinski definition) is 6. The second-order valence-corrected chi connectivity index (χ2v) is 5.35. The van der Waals surface area contributed by atoms with Gasteiger partial charge in [-0.1, -0.05) is 0 Å². The van der Waals surface area contributed by atoms with Crippen LogP contribution >= 0.6 is 11.5 Å². The standard InChI is InChI=1S/C13H11N5S/c1-4-10-11(15-6-5-14-10)7-8(1)12-17-13(19-18-12)16-9-2-3-9/h1,4-7,9H,2-3H2,(H,16,17,18). The largest absolute Gasteiger partial charge is 0.358 e. The van der Waals surface area contributed by atoms with E-state index >= 15 is 0 Å². The second kappa shape index (κ2) is 4.24. The number of aromatic nitrogens is 4. The van der Waals surface area contributed by atoms with Crippen LogP contribution in [-0.2, 0) is 0 Å². The number of fused-ring (bicyclic) bond motifs is 1. The van der Waals surface area contributed by atoms with E-state index in [1.165, 1.54) is 24.4 Å². The molecule has 4 rings (SSSR count).